The molecule has 0 saturated carbocycles. The maximum Gasteiger partial charge on any atom is 0.256 e. The molecule has 2 aromatic heterocycles. The van der Waals surface area contributed by atoms with E-state index in [1.807, 2.05) is 63.2 Å². The fraction of sp³-hybridized carbons (Fsp3) is 0.190. The van der Waals surface area contributed by atoms with E-state index in [2.05, 4.69) is 0 Å². The molecule has 2 aromatic carbocycles. The van der Waals surface area contributed by atoms with Gasteiger partial charge in [0.25, 0.3) is 5.56 Å². The highest BCUT2D eigenvalue weighted by Gasteiger charge is 2.15. The fourth-order valence-corrected chi connectivity index (χ4v) is 3.27. The molecular weight excluding hydrogens is 314 g/mol. The lowest BCUT2D eigenvalue weighted by atomic mass is 10.1. The molecular formula is C21H19NO3. The van der Waals surface area contributed by atoms with Crippen LogP contribution in [0.5, 0.6) is 5.75 Å². The van der Waals surface area contributed by atoms with Crippen molar-refractivity contribution in [1.82, 2.24) is 4.57 Å². The molecule has 0 bridgehead atoms. The van der Waals surface area contributed by atoms with E-state index >= 15 is 0 Å². The van der Waals surface area contributed by atoms with Gasteiger partial charge in [0.1, 0.15) is 11.3 Å². The van der Waals surface area contributed by atoms with Crippen molar-refractivity contribution in [2.45, 2.75) is 20.8 Å². The van der Waals surface area contributed by atoms with Gasteiger partial charge in [0.2, 0.25) is 0 Å². The molecule has 0 aliphatic heterocycles. The monoisotopic (exact) mass is 333 g/mol. The maximum absolute atomic E-state index is 12.8. The van der Waals surface area contributed by atoms with Crippen molar-refractivity contribution in [2.75, 3.05) is 6.61 Å². The largest absolute Gasteiger partial charge is 0.494 e. The highest BCUT2D eigenvalue weighted by molar-refractivity contribution is 6.05. The lowest BCUT2D eigenvalue weighted by molar-refractivity contribution is 0.340. The normalized spacial score (nSPS) is 11.3. The lowest BCUT2D eigenvalue weighted by Gasteiger charge is -2.11. The Morgan fingerprint density at radius 3 is 2.48 bits per heavy atom. The van der Waals surface area contributed by atoms with Crippen LogP contribution in [0.25, 0.3) is 27.6 Å². The van der Waals surface area contributed by atoms with Gasteiger partial charge in [0, 0.05) is 22.5 Å². The first-order chi connectivity index (χ1) is 12.1. The van der Waals surface area contributed by atoms with Gasteiger partial charge in [-0.2, -0.15) is 0 Å². The smallest absolute Gasteiger partial charge is 0.256 e. The fourth-order valence-electron chi connectivity index (χ4n) is 3.27. The molecule has 0 fully saturated rings. The second kappa shape index (κ2) is 5.81. The van der Waals surface area contributed by atoms with Crippen LogP contribution in [0.1, 0.15) is 18.2 Å². The summed E-state index contributed by atoms with van der Waals surface area (Å²) in [6.07, 6.45) is 0. The van der Waals surface area contributed by atoms with Crippen LogP contribution in [0.2, 0.25) is 0 Å². The standard InChI is InChI=1S/C21H19NO3/c1-4-24-16-8-6-15(7-9-16)22-14(3)21-18(12-20(22)23)17-10-5-13(2)11-19(17)25-21/h5-12H,4H2,1-3H3. The van der Waals surface area contributed by atoms with Crippen molar-refractivity contribution in [2.24, 2.45) is 0 Å². The number of aryl methyl sites for hydroxylation is 2. The summed E-state index contributed by atoms with van der Waals surface area (Å²) < 4.78 is 13.2. The maximum atomic E-state index is 12.8. The van der Waals surface area contributed by atoms with Crippen LogP contribution in [-0.2, 0) is 0 Å². The average molecular weight is 333 g/mol. The van der Waals surface area contributed by atoms with E-state index in [0.29, 0.717) is 6.61 Å². The highest BCUT2D eigenvalue weighted by Crippen LogP contribution is 2.31. The summed E-state index contributed by atoms with van der Waals surface area (Å²) in [7, 11) is 0. The molecule has 25 heavy (non-hydrogen) atoms. The minimum atomic E-state index is -0.0718. The predicted octanol–water partition coefficient (Wildman–Crippen LogP) is 4.75. The zero-order valence-electron chi connectivity index (χ0n) is 14.5. The Morgan fingerprint density at radius 1 is 1.00 bits per heavy atom. The molecule has 0 radical (unpaired) electrons. The van der Waals surface area contributed by atoms with Crippen LogP contribution in [0.4, 0.5) is 0 Å². The number of hydrogen-bond donors (Lipinski definition) is 0. The van der Waals surface area contributed by atoms with Crippen LogP contribution in [0.3, 0.4) is 0 Å². The van der Waals surface area contributed by atoms with Crippen LogP contribution in [0.15, 0.2) is 57.7 Å². The number of furan rings is 1. The van der Waals surface area contributed by atoms with Crippen LogP contribution in [0, 0.1) is 13.8 Å². The summed E-state index contributed by atoms with van der Waals surface area (Å²) >= 11 is 0. The molecule has 0 saturated heterocycles. The third kappa shape index (κ3) is 2.50. The molecule has 0 aliphatic rings. The van der Waals surface area contributed by atoms with Crippen molar-refractivity contribution >= 4 is 21.9 Å². The van der Waals surface area contributed by atoms with Crippen molar-refractivity contribution in [1.29, 1.82) is 0 Å². The molecule has 0 amide bonds. The van der Waals surface area contributed by atoms with E-state index < -0.39 is 0 Å². The Labute approximate surface area is 145 Å². The molecule has 0 spiro atoms. The first kappa shape index (κ1) is 15.5. The quantitative estimate of drug-likeness (QED) is 0.543. The number of hydrogen-bond acceptors (Lipinski definition) is 3. The number of ether oxygens (including phenoxy) is 1. The Kier molecular flexibility index (Phi) is 3.61. The van der Waals surface area contributed by atoms with Crippen LogP contribution < -0.4 is 10.3 Å². The molecule has 4 nitrogen and oxygen atoms in total. The van der Waals surface area contributed by atoms with Gasteiger partial charge < -0.3 is 9.15 Å². The molecule has 0 N–H and O–H groups in total. The van der Waals surface area contributed by atoms with E-state index in [4.69, 9.17) is 9.15 Å². The van der Waals surface area contributed by atoms with Gasteiger partial charge in [-0.1, -0.05) is 12.1 Å². The van der Waals surface area contributed by atoms with Crippen molar-refractivity contribution in [3.63, 3.8) is 0 Å². The number of rotatable bonds is 3. The van der Waals surface area contributed by atoms with Gasteiger partial charge in [0.05, 0.1) is 12.3 Å². The van der Waals surface area contributed by atoms with Gasteiger partial charge in [0.15, 0.2) is 5.58 Å². The summed E-state index contributed by atoms with van der Waals surface area (Å²) in [6, 6.07) is 15.2. The molecule has 126 valence electrons. The Morgan fingerprint density at radius 2 is 1.76 bits per heavy atom. The van der Waals surface area contributed by atoms with Gasteiger partial charge in [-0.25, -0.2) is 0 Å². The number of pyridine rings is 1. The molecule has 2 heterocycles. The lowest BCUT2D eigenvalue weighted by Crippen LogP contribution is -2.19. The van der Waals surface area contributed by atoms with E-state index in [-0.39, 0.29) is 5.56 Å². The van der Waals surface area contributed by atoms with Crippen molar-refractivity contribution in [3.05, 3.63) is 70.1 Å². The molecule has 0 aliphatic carbocycles. The van der Waals surface area contributed by atoms with Crippen LogP contribution >= 0.6 is 0 Å². The number of fused-ring (bicyclic) bond motifs is 3. The van der Waals surface area contributed by atoms with Crippen molar-refractivity contribution in [3.8, 4) is 11.4 Å². The third-order valence-electron chi connectivity index (χ3n) is 4.44. The second-order valence-corrected chi connectivity index (χ2v) is 6.17. The number of benzene rings is 2. The van der Waals surface area contributed by atoms with E-state index in [1.54, 1.807) is 10.6 Å². The molecule has 0 atom stereocenters. The summed E-state index contributed by atoms with van der Waals surface area (Å²) in [5.41, 5.74) is 4.20. The average Bonchev–Trinajstić information content (AvgIpc) is 2.94. The van der Waals surface area contributed by atoms with Gasteiger partial charge in [-0.3, -0.25) is 9.36 Å². The summed E-state index contributed by atoms with van der Waals surface area (Å²) in [4.78, 5) is 12.8. The summed E-state index contributed by atoms with van der Waals surface area (Å²) in [5, 5.41) is 1.83. The minimum absolute atomic E-state index is 0.0718. The molecule has 0 unspecified atom stereocenters. The summed E-state index contributed by atoms with van der Waals surface area (Å²) in [5.74, 6) is 0.789. The van der Waals surface area contributed by atoms with E-state index in [1.165, 1.54) is 0 Å². The van der Waals surface area contributed by atoms with Gasteiger partial charge >= 0.3 is 0 Å². The van der Waals surface area contributed by atoms with E-state index in [9.17, 15) is 4.79 Å². The molecule has 4 heteroatoms. The first-order valence-corrected chi connectivity index (χ1v) is 8.37. The number of nitrogens with zero attached hydrogens (tertiary/aromatic N) is 1. The second-order valence-electron chi connectivity index (χ2n) is 6.17. The molecule has 4 aromatic rings. The minimum Gasteiger partial charge on any atom is -0.494 e. The zero-order valence-corrected chi connectivity index (χ0v) is 14.5. The predicted molar refractivity (Wildman–Crippen MR) is 100.0 cm³/mol. The Balaban J connectivity index is 1.95. The Hall–Kier alpha value is -3.01. The third-order valence-corrected chi connectivity index (χ3v) is 4.44. The van der Waals surface area contributed by atoms with Gasteiger partial charge in [-0.05, 0) is 56.7 Å². The first-order valence-electron chi connectivity index (χ1n) is 8.37. The zero-order chi connectivity index (χ0) is 17.6. The van der Waals surface area contributed by atoms with Crippen LogP contribution in [-0.4, -0.2) is 11.2 Å². The van der Waals surface area contributed by atoms with Gasteiger partial charge in [-0.15, -0.1) is 0 Å². The number of aromatic nitrogens is 1. The summed E-state index contributed by atoms with van der Waals surface area (Å²) in [6.45, 7) is 6.50. The topological polar surface area (TPSA) is 44.4 Å². The molecule has 4 rings (SSSR count). The SMILES string of the molecule is CCOc1ccc(-n2c(C)c3oc4cc(C)ccc4c3cc2=O)cc1. The van der Waals surface area contributed by atoms with Crippen molar-refractivity contribution < 1.29 is 9.15 Å². The Bertz CT molecular complexity index is 1130. The highest BCUT2D eigenvalue weighted by atomic mass is 16.5. The van der Waals surface area contributed by atoms with E-state index in [0.717, 1.165) is 44.6 Å².